The van der Waals surface area contributed by atoms with Gasteiger partial charge in [-0.2, -0.15) is 0 Å². The number of hydrogen-bond donors (Lipinski definition) is 2. The number of anilines is 1. The monoisotopic (exact) mass is 496 g/mol. The maximum absolute atomic E-state index is 12.9. The molecule has 0 fully saturated rings. The number of benzene rings is 2. The molecule has 186 valence electrons. The number of pyridine rings is 2. The van der Waals surface area contributed by atoms with Gasteiger partial charge in [-0.3, -0.25) is 14.6 Å². The van der Waals surface area contributed by atoms with Gasteiger partial charge in [0.2, 0.25) is 5.88 Å². The Balaban J connectivity index is 1.37. The van der Waals surface area contributed by atoms with Crippen LogP contribution >= 0.6 is 0 Å². The minimum atomic E-state index is -0.787. The van der Waals surface area contributed by atoms with E-state index in [1.165, 1.54) is 18.5 Å². The molecule has 2 aromatic heterocycles. The molecule has 0 radical (unpaired) electrons. The molecule has 2 N–H and O–H groups in total. The second kappa shape index (κ2) is 12.1. The predicted molar refractivity (Wildman–Crippen MR) is 136 cm³/mol. The van der Waals surface area contributed by atoms with Crippen molar-refractivity contribution in [2.24, 2.45) is 0 Å². The third-order valence-electron chi connectivity index (χ3n) is 5.27. The molecule has 0 bridgehead atoms. The third-order valence-corrected chi connectivity index (χ3v) is 5.27. The summed E-state index contributed by atoms with van der Waals surface area (Å²) in [6.45, 7) is 1.30. The number of amides is 2. The van der Waals surface area contributed by atoms with Crippen LogP contribution in [0.15, 0.2) is 97.5 Å². The highest BCUT2D eigenvalue weighted by Crippen LogP contribution is 2.23. The van der Waals surface area contributed by atoms with Gasteiger partial charge in [-0.15, -0.1) is 0 Å². The lowest BCUT2D eigenvalue weighted by molar-refractivity contribution is -0.119. The largest absolute Gasteiger partial charge is 0.452 e. The van der Waals surface area contributed by atoms with Crippen molar-refractivity contribution in [3.05, 3.63) is 114 Å². The zero-order valence-corrected chi connectivity index (χ0v) is 20.0. The normalized spacial score (nSPS) is 11.2. The van der Waals surface area contributed by atoms with Crippen molar-refractivity contribution in [2.75, 3.05) is 11.9 Å². The topological polar surface area (TPSA) is 120 Å². The van der Waals surface area contributed by atoms with E-state index in [0.29, 0.717) is 11.4 Å². The molecular weight excluding hydrogens is 472 g/mol. The van der Waals surface area contributed by atoms with Gasteiger partial charge in [0.15, 0.2) is 6.61 Å². The SMILES string of the molecule is CC(NC(=O)c1ccccc1NC(=O)COC(=O)c1cccnc1Oc1cccnc1)c1ccccc1. The molecule has 0 aliphatic carbocycles. The average Bonchev–Trinajstić information content (AvgIpc) is 2.93. The number of esters is 1. The first-order valence-corrected chi connectivity index (χ1v) is 11.5. The molecule has 4 aromatic rings. The summed E-state index contributed by atoms with van der Waals surface area (Å²) >= 11 is 0. The van der Waals surface area contributed by atoms with E-state index < -0.39 is 18.5 Å². The highest BCUT2D eigenvalue weighted by molar-refractivity contribution is 6.04. The van der Waals surface area contributed by atoms with Crippen LogP contribution in [0, 0.1) is 0 Å². The first kappa shape index (κ1) is 25.1. The van der Waals surface area contributed by atoms with E-state index in [1.807, 2.05) is 37.3 Å². The second-order valence-corrected chi connectivity index (χ2v) is 7.92. The molecule has 1 atom stereocenters. The van der Waals surface area contributed by atoms with Crippen LogP contribution in [0.1, 0.15) is 39.2 Å². The highest BCUT2D eigenvalue weighted by atomic mass is 16.5. The van der Waals surface area contributed by atoms with E-state index in [0.717, 1.165) is 5.56 Å². The molecule has 2 amide bonds. The molecule has 9 nitrogen and oxygen atoms in total. The fourth-order valence-corrected chi connectivity index (χ4v) is 3.43. The molecule has 9 heteroatoms. The molecule has 0 aliphatic rings. The van der Waals surface area contributed by atoms with Crippen molar-refractivity contribution in [1.82, 2.24) is 15.3 Å². The number of carbonyl (C=O) groups is 3. The summed E-state index contributed by atoms with van der Waals surface area (Å²) in [6, 6.07) is 22.3. The minimum Gasteiger partial charge on any atom is -0.452 e. The predicted octanol–water partition coefficient (Wildman–Crippen LogP) is 4.56. The zero-order valence-electron chi connectivity index (χ0n) is 20.0. The summed E-state index contributed by atoms with van der Waals surface area (Å²) in [5.41, 5.74) is 1.58. The Morgan fingerprint density at radius 1 is 0.865 bits per heavy atom. The van der Waals surface area contributed by atoms with Crippen LogP contribution in [0.25, 0.3) is 0 Å². The summed E-state index contributed by atoms with van der Waals surface area (Å²) in [5, 5.41) is 5.56. The standard InChI is InChI=1S/C28H24N4O5/c1-19(20-9-3-2-4-10-20)31-26(34)22-12-5-6-14-24(22)32-25(33)18-36-28(35)23-13-8-16-30-27(23)37-21-11-7-15-29-17-21/h2-17,19H,18H2,1H3,(H,31,34)(H,32,33). The van der Waals surface area contributed by atoms with Crippen LogP contribution in [-0.4, -0.2) is 34.4 Å². The van der Waals surface area contributed by atoms with Crippen molar-refractivity contribution in [3.63, 3.8) is 0 Å². The summed E-state index contributed by atoms with van der Waals surface area (Å²) < 4.78 is 10.8. The molecule has 0 spiro atoms. The smallest absolute Gasteiger partial charge is 0.344 e. The van der Waals surface area contributed by atoms with Crippen LogP contribution in [0.2, 0.25) is 0 Å². The van der Waals surface area contributed by atoms with Gasteiger partial charge < -0.3 is 20.1 Å². The van der Waals surface area contributed by atoms with Gasteiger partial charge in [-0.05, 0) is 48.9 Å². The summed E-state index contributed by atoms with van der Waals surface area (Å²) in [7, 11) is 0. The van der Waals surface area contributed by atoms with Crippen LogP contribution in [0.5, 0.6) is 11.6 Å². The fourth-order valence-electron chi connectivity index (χ4n) is 3.43. The van der Waals surface area contributed by atoms with E-state index in [4.69, 9.17) is 9.47 Å². The van der Waals surface area contributed by atoms with Gasteiger partial charge in [0, 0.05) is 12.4 Å². The Morgan fingerprint density at radius 2 is 1.59 bits per heavy atom. The Labute approximate surface area is 213 Å². The van der Waals surface area contributed by atoms with Crippen molar-refractivity contribution in [1.29, 1.82) is 0 Å². The van der Waals surface area contributed by atoms with Gasteiger partial charge in [0.1, 0.15) is 11.3 Å². The van der Waals surface area contributed by atoms with E-state index in [1.54, 1.807) is 48.7 Å². The van der Waals surface area contributed by atoms with E-state index in [-0.39, 0.29) is 29.0 Å². The first-order chi connectivity index (χ1) is 18.0. The molecule has 0 saturated carbocycles. The average molecular weight is 497 g/mol. The Hall–Kier alpha value is -5.05. The molecule has 37 heavy (non-hydrogen) atoms. The van der Waals surface area contributed by atoms with Crippen molar-refractivity contribution >= 4 is 23.5 Å². The number of para-hydroxylation sites is 1. The van der Waals surface area contributed by atoms with Crippen LogP contribution < -0.4 is 15.4 Å². The number of nitrogens with zero attached hydrogens (tertiary/aromatic N) is 2. The Kier molecular flexibility index (Phi) is 8.18. The summed E-state index contributed by atoms with van der Waals surface area (Å²) in [4.78, 5) is 46.1. The molecule has 4 rings (SSSR count). The number of nitrogens with one attached hydrogen (secondary N) is 2. The van der Waals surface area contributed by atoms with Gasteiger partial charge in [-0.1, -0.05) is 42.5 Å². The first-order valence-electron chi connectivity index (χ1n) is 11.5. The van der Waals surface area contributed by atoms with E-state index in [9.17, 15) is 14.4 Å². The minimum absolute atomic E-state index is 0.0236. The van der Waals surface area contributed by atoms with Gasteiger partial charge in [0.05, 0.1) is 23.5 Å². The van der Waals surface area contributed by atoms with Gasteiger partial charge in [0.25, 0.3) is 11.8 Å². The molecule has 1 unspecified atom stereocenters. The number of hydrogen-bond acceptors (Lipinski definition) is 7. The fraction of sp³-hybridized carbons (Fsp3) is 0.107. The highest BCUT2D eigenvalue weighted by Gasteiger charge is 2.19. The van der Waals surface area contributed by atoms with Gasteiger partial charge in [-0.25, -0.2) is 9.78 Å². The maximum Gasteiger partial charge on any atom is 0.344 e. The zero-order chi connectivity index (χ0) is 26.0. The quantitative estimate of drug-likeness (QED) is 0.326. The maximum atomic E-state index is 12.9. The number of ether oxygens (including phenoxy) is 2. The van der Waals surface area contributed by atoms with Crippen LogP contribution in [0.3, 0.4) is 0 Å². The molecule has 0 aliphatic heterocycles. The number of carbonyl (C=O) groups excluding carboxylic acids is 3. The van der Waals surface area contributed by atoms with Crippen LogP contribution in [0.4, 0.5) is 5.69 Å². The van der Waals surface area contributed by atoms with Crippen molar-refractivity contribution in [3.8, 4) is 11.6 Å². The van der Waals surface area contributed by atoms with E-state index >= 15 is 0 Å². The molecular formula is C28H24N4O5. The summed E-state index contributed by atoms with van der Waals surface area (Å²) in [6.07, 6.45) is 4.53. The lowest BCUT2D eigenvalue weighted by atomic mass is 10.1. The Bertz CT molecular complexity index is 1380. The molecule has 2 heterocycles. The van der Waals surface area contributed by atoms with Crippen molar-refractivity contribution in [2.45, 2.75) is 13.0 Å². The van der Waals surface area contributed by atoms with Crippen molar-refractivity contribution < 1.29 is 23.9 Å². The lowest BCUT2D eigenvalue weighted by Gasteiger charge is -2.16. The van der Waals surface area contributed by atoms with Crippen LogP contribution in [-0.2, 0) is 9.53 Å². The third kappa shape index (κ3) is 6.76. The molecule has 0 saturated heterocycles. The van der Waals surface area contributed by atoms with E-state index in [2.05, 4.69) is 20.6 Å². The van der Waals surface area contributed by atoms with Gasteiger partial charge >= 0.3 is 5.97 Å². The second-order valence-electron chi connectivity index (χ2n) is 7.92. The number of rotatable bonds is 9. The number of aromatic nitrogens is 2. The summed E-state index contributed by atoms with van der Waals surface area (Å²) in [5.74, 6) is -1.33. The molecule has 2 aromatic carbocycles. The Morgan fingerprint density at radius 3 is 2.38 bits per heavy atom. The lowest BCUT2D eigenvalue weighted by Crippen LogP contribution is -2.28.